The third-order valence-corrected chi connectivity index (χ3v) is 6.94. The fourth-order valence-corrected chi connectivity index (χ4v) is 5.34. The molecule has 2 aromatic rings. The van der Waals surface area contributed by atoms with E-state index < -0.39 is 0 Å². The van der Waals surface area contributed by atoms with Crippen molar-refractivity contribution in [3.8, 4) is 5.75 Å². The SMILES string of the molecule is COc1ccc(CN2CCCCC[C@@H]2c2cccs2)cc1CN1CCOCC1. The summed E-state index contributed by atoms with van der Waals surface area (Å²) in [4.78, 5) is 6.67. The lowest BCUT2D eigenvalue weighted by molar-refractivity contribution is 0.0338. The highest BCUT2D eigenvalue weighted by Gasteiger charge is 2.24. The summed E-state index contributed by atoms with van der Waals surface area (Å²) in [6.07, 6.45) is 5.27. The zero-order valence-electron chi connectivity index (χ0n) is 16.9. The van der Waals surface area contributed by atoms with E-state index in [4.69, 9.17) is 9.47 Å². The van der Waals surface area contributed by atoms with E-state index in [1.54, 1.807) is 7.11 Å². The summed E-state index contributed by atoms with van der Waals surface area (Å²) in [5.41, 5.74) is 2.69. The van der Waals surface area contributed by atoms with Crippen LogP contribution in [0.5, 0.6) is 5.75 Å². The Hall–Kier alpha value is -1.40. The number of hydrogen-bond donors (Lipinski definition) is 0. The molecule has 0 amide bonds. The molecule has 0 bridgehead atoms. The zero-order valence-corrected chi connectivity index (χ0v) is 17.8. The van der Waals surface area contributed by atoms with Crippen molar-refractivity contribution < 1.29 is 9.47 Å². The van der Waals surface area contributed by atoms with Crippen molar-refractivity contribution in [3.05, 3.63) is 51.7 Å². The lowest BCUT2D eigenvalue weighted by Crippen LogP contribution is -2.35. The number of benzene rings is 1. The molecule has 2 saturated heterocycles. The van der Waals surface area contributed by atoms with Crippen LogP contribution in [0.25, 0.3) is 0 Å². The zero-order chi connectivity index (χ0) is 19.2. The Kier molecular flexibility index (Phi) is 7.02. The van der Waals surface area contributed by atoms with Crippen molar-refractivity contribution in [1.82, 2.24) is 9.80 Å². The maximum absolute atomic E-state index is 5.66. The highest BCUT2D eigenvalue weighted by molar-refractivity contribution is 7.10. The Labute approximate surface area is 173 Å². The summed E-state index contributed by atoms with van der Waals surface area (Å²) in [7, 11) is 1.78. The molecule has 1 aromatic heterocycles. The monoisotopic (exact) mass is 400 g/mol. The van der Waals surface area contributed by atoms with Gasteiger partial charge in [0.05, 0.1) is 20.3 Å². The second-order valence-corrected chi connectivity index (χ2v) is 8.87. The van der Waals surface area contributed by atoms with Crippen molar-refractivity contribution in [3.63, 3.8) is 0 Å². The van der Waals surface area contributed by atoms with Gasteiger partial charge in [-0.05, 0) is 48.5 Å². The van der Waals surface area contributed by atoms with E-state index in [0.717, 1.165) is 45.1 Å². The smallest absolute Gasteiger partial charge is 0.123 e. The van der Waals surface area contributed by atoms with Crippen molar-refractivity contribution in [1.29, 1.82) is 0 Å². The fourth-order valence-electron chi connectivity index (χ4n) is 4.45. The van der Waals surface area contributed by atoms with E-state index in [1.165, 1.54) is 48.2 Å². The van der Waals surface area contributed by atoms with Crippen LogP contribution >= 0.6 is 11.3 Å². The average Bonchev–Trinajstić information content (AvgIpc) is 3.16. The van der Waals surface area contributed by atoms with Crippen LogP contribution in [0.2, 0.25) is 0 Å². The number of nitrogens with zero attached hydrogens (tertiary/aromatic N) is 2. The molecule has 0 aliphatic carbocycles. The maximum Gasteiger partial charge on any atom is 0.123 e. The molecule has 2 fully saturated rings. The highest BCUT2D eigenvalue weighted by atomic mass is 32.1. The van der Waals surface area contributed by atoms with Crippen molar-refractivity contribution in [2.45, 2.75) is 44.8 Å². The summed E-state index contributed by atoms with van der Waals surface area (Å²) < 4.78 is 11.2. The Morgan fingerprint density at radius 3 is 2.75 bits per heavy atom. The first kappa shape index (κ1) is 19.9. The van der Waals surface area contributed by atoms with E-state index in [-0.39, 0.29) is 0 Å². The van der Waals surface area contributed by atoms with Crippen LogP contribution in [0, 0.1) is 0 Å². The molecule has 0 spiro atoms. The number of ether oxygens (including phenoxy) is 2. The summed E-state index contributed by atoms with van der Waals surface area (Å²) >= 11 is 1.91. The minimum Gasteiger partial charge on any atom is -0.496 e. The van der Waals surface area contributed by atoms with Crippen molar-refractivity contribution in [2.75, 3.05) is 40.0 Å². The molecule has 4 nitrogen and oxygen atoms in total. The van der Waals surface area contributed by atoms with Gasteiger partial charge in [-0.25, -0.2) is 0 Å². The van der Waals surface area contributed by atoms with Crippen LogP contribution in [0.4, 0.5) is 0 Å². The first-order valence-corrected chi connectivity index (χ1v) is 11.4. The summed E-state index contributed by atoms with van der Waals surface area (Å²) in [6, 6.07) is 11.8. The molecule has 2 aliphatic heterocycles. The molecular weight excluding hydrogens is 368 g/mol. The molecule has 4 rings (SSSR count). The van der Waals surface area contributed by atoms with Crippen LogP contribution < -0.4 is 4.74 Å². The van der Waals surface area contributed by atoms with Crippen LogP contribution in [0.15, 0.2) is 35.7 Å². The van der Waals surface area contributed by atoms with Crippen molar-refractivity contribution >= 4 is 11.3 Å². The predicted molar refractivity (Wildman–Crippen MR) is 115 cm³/mol. The van der Waals surface area contributed by atoms with Gasteiger partial charge in [0, 0.05) is 42.7 Å². The predicted octanol–water partition coefficient (Wildman–Crippen LogP) is 4.71. The molecule has 0 unspecified atom stereocenters. The number of likely N-dealkylation sites (tertiary alicyclic amines) is 1. The molecule has 0 N–H and O–H groups in total. The number of thiophene rings is 1. The molecule has 3 heterocycles. The standard InChI is InChI=1S/C23H32N2O2S/c1-26-22-9-8-19(16-20(22)18-24-11-13-27-14-12-24)17-25-10-4-2-3-6-21(25)23-7-5-15-28-23/h5,7-9,15-16,21H,2-4,6,10-14,17-18H2,1H3/t21-/m1/s1. The normalized spacial score (nSPS) is 22.1. The number of methoxy groups -OCH3 is 1. The van der Waals surface area contributed by atoms with Gasteiger partial charge in [0.15, 0.2) is 0 Å². The topological polar surface area (TPSA) is 24.9 Å². The molecule has 5 heteroatoms. The van der Waals surface area contributed by atoms with Gasteiger partial charge in [-0.2, -0.15) is 0 Å². The van der Waals surface area contributed by atoms with E-state index in [2.05, 4.69) is 45.5 Å². The van der Waals surface area contributed by atoms with Crippen LogP contribution in [0.1, 0.15) is 47.7 Å². The van der Waals surface area contributed by atoms with Crippen LogP contribution in [-0.2, 0) is 17.8 Å². The summed E-state index contributed by atoms with van der Waals surface area (Å²) in [6.45, 7) is 6.81. The molecule has 0 radical (unpaired) electrons. The van der Waals surface area contributed by atoms with Gasteiger partial charge in [0.1, 0.15) is 5.75 Å². The second kappa shape index (κ2) is 9.88. The number of rotatable bonds is 6. The Morgan fingerprint density at radius 2 is 1.96 bits per heavy atom. The van der Waals surface area contributed by atoms with Gasteiger partial charge < -0.3 is 9.47 Å². The fraction of sp³-hybridized carbons (Fsp3) is 0.565. The van der Waals surface area contributed by atoms with Crippen molar-refractivity contribution in [2.24, 2.45) is 0 Å². The van der Waals surface area contributed by atoms with Gasteiger partial charge in [-0.3, -0.25) is 9.80 Å². The Balaban J connectivity index is 1.51. The maximum atomic E-state index is 5.66. The number of hydrogen-bond acceptors (Lipinski definition) is 5. The molecule has 2 aliphatic rings. The summed E-state index contributed by atoms with van der Waals surface area (Å²) in [5, 5.41) is 2.21. The number of morpholine rings is 1. The van der Waals surface area contributed by atoms with Gasteiger partial charge >= 0.3 is 0 Å². The molecule has 28 heavy (non-hydrogen) atoms. The van der Waals surface area contributed by atoms with E-state index >= 15 is 0 Å². The first-order chi connectivity index (χ1) is 13.8. The Morgan fingerprint density at radius 1 is 1.07 bits per heavy atom. The highest BCUT2D eigenvalue weighted by Crippen LogP contribution is 2.34. The minimum atomic E-state index is 0.562. The molecule has 1 atom stereocenters. The summed E-state index contributed by atoms with van der Waals surface area (Å²) in [5.74, 6) is 1.00. The molecule has 1 aromatic carbocycles. The molecular formula is C23H32N2O2S. The third-order valence-electron chi connectivity index (χ3n) is 5.96. The van der Waals surface area contributed by atoms with Gasteiger partial charge in [0.25, 0.3) is 0 Å². The van der Waals surface area contributed by atoms with Gasteiger partial charge in [-0.1, -0.05) is 25.0 Å². The lowest BCUT2D eigenvalue weighted by Gasteiger charge is -2.30. The lowest BCUT2D eigenvalue weighted by atomic mass is 10.1. The minimum absolute atomic E-state index is 0.562. The average molecular weight is 401 g/mol. The van der Waals surface area contributed by atoms with E-state index in [0.29, 0.717) is 6.04 Å². The van der Waals surface area contributed by atoms with E-state index in [1.807, 2.05) is 11.3 Å². The third kappa shape index (κ3) is 4.95. The first-order valence-electron chi connectivity index (χ1n) is 10.6. The van der Waals surface area contributed by atoms with Gasteiger partial charge in [-0.15, -0.1) is 11.3 Å². The van der Waals surface area contributed by atoms with E-state index in [9.17, 15) is 0 Å². The van der Waals surface area contributed by atoms with Gasteiger partial charge in [0.2, 0.25) is 0 Å². The quantitative estimate of drug-likeness (QED) is 0.701. The van der Waals surface area contributed by atoms with Crippen LogP contribution in [-0.4, -0.2) is 49.8 Å². The molecule has 0 saturated carbocycles. The Bertz CT molecular complexity index is 728. The molecule has 152 valence electrons. The second-order valence-electron chi connectivity index (χ2n) is 7.89. The largest absolute Gasteiger partial charge is 0.496 e. The van der Waals surface area contributed by atoms with Crippen LogP contribution in [0.3, 0.4) is 0 Å².